The molecule has 1 aliphatic heterocycles. The first-order valence-electron chi connectivity index (χ1n) is 4.08. The van der Waals surface area contributed by atoms with Gasteiger partial charge in [0.15, 0.2) is 0 Å². The molecule has 1 heterocycles. The molecule has 0 bridgehead atoms. The molecule has 0 spiro atoms. The van der Waals surface area contributed by atoms with E-state index in [4.69, 9.17) is 5.26 Å². The molecule has 0 unspecified atom stereocenters. The van der Waals surface area contributed by atoms with Crippen molar-refractivity contribution in [2.24, 2.45) is 4.40 Å². The minimum Gasteiger partial charge on any atom is -0.219 e. The van der Waals surface area contributed by atoms with E-state index < -0.39 is 0 Å². The lowest BCUT2D eigenvalue weighted by Crippen LogP contribution is -2.05. The average molecular weight is 188 g/mol. The van der Waals surface area contributed by atoms with E-state index in [0.717, 1.165) is 12.1 Å². The van der Waals surface area contributed by atoms with Crippen LogP contribution in [0.15, 0.2) is 33.6 Å². The highest BCUT2D eigenvalue weighted by atomic mass is 32.2. The molecule has 0 aromatic heterocycles. The van der Waals surface area contributed by atoms with E-state index in [0.29, 0.717) is 6.42 Å². The Kier molecular flexibility index (Phi) is 2.33. The van der Waals surface area contributed by atoms with E-state index in [1.54, 1.807) is 0 Å². The summed E-state index contributed by atoms with van der Waals surface area (Å²) < 4.78 is 4.27. The fourth-order valence-electron chi connectivity index (χ4n) is 1.29. The Balaban J connectivity index is 2.24. The van der Waals surface area contributed by atoms with Gasteiger partial charge >= 0.3 is 0 Å². The number of rotatable bonds is 1. The highest BCUT2D eigenvalue weighted by Gasteiger charge is 2.11. The minimum atomic E-state index is 0.446. The molecule has 3 heteroatoms. The van der Waals surface area contributed by atoms with E-state index in [-0.39, 0.29) is 0 Å². The third-order valence-electron chi connectivity index (χ3n) is 1.92. The fourth-order valence-corrected chi connectivity index (χ4v) is 2.04. The van der Waals surface area contributed by atoms with Crippen molar-refractivity contribution in [1.82, 2.24) is 0 Å². The van der Waals surface area contributed by atoms with E-state index >= 15 is 0 Å². The van der Waals surface area contributed by atoms with Crippen LogP contribution < -0.4 is 0 Å². The van der Waals surface area contributed by atoms with Crippen molar-refractivity contribution in [2.75, 3.05) is 0 Å². The Labute approximate surface area is 81.4 Å². The maximum Gasteiger partial charge on any atom is 0.0745 e. The summed E-state index contributed by atoms with van der Waals surface area (Å²) in [5.41, 5.74) is 2.26. The van der Waals surface area contributed by atoms with Crippen molar-refractivity contribution >= 4 is 17.7 Å². The Morgan fingerprint density at radius 1 is 1.46 bits per heavy atom. The van der Waals surface area contributed by atoms with Crippen LogP contribution in [0.5, 0.6) is 0 Å². The fraction of sp³-hybridized carbons (Fsp3) is 0.200. The van der Waals surface area contributed by atoms with Gasteiger partial charge in [-0.2, -0.15) is 5.26 Å². The van der Waals surface area contributed by atoms with Crippen LogP contribution in [-0.2, 0) is 6.42 Å². The molecule has 2 rings (SSSR count). The maximum atomic E-state index is 8.53. The van der Waals surface area contributed by atoms with Gasteiger partial charge in [-0.3, -0.25) is 0 Å². The molecule has 0 saturated carbocycles. The first kappa shape index (κ1) is 8.33. The lowest BCUT2D eigenvalue weighted by atomic mass is 10.1. The molecular formula is C10H8N2S. The second kappa shape index (κ2) is 3.63. The molecule has 13 heavy (non-hydrogen) atoms. The van der Waals surface area contributed by atoms with Crippen molar-refractivity contribution in [1.29, 1.82) is 5.26 Å². The first-order valence-corrected chi connectivity index (χ1v) is 4.85. The third kappa shape index (κ3) is 1.73. The van der Waals surface area contributed by atoms with E-state index in [9.17, 15) is 0 Å². The zero-order valence-electron chi connectivity index (χ0n) is 7.03. The maximum absolute atomic E-state index is 8.53. The minimum absolute atomic E-state index is 0.446. The van der Waals surface area contributed by atoms with Gasteiger partial charge in [-0.15, -0.1) is 0 Å². The Bertz CT molecular complexity index is 390. The van der Waals surface area contributed by atoms with Gasteiger partial charge in [0.05, 0.1) is 12.5 Å². The molecular weight excluding hydrogens is 180 g/mol. The van der Waals surface area contributed by atoms with Crippen LogP contribution in [0.4, 0.5) is 0 Å². The van der Waals surface area contributed by atoms with Crippen LogP contribution in [0.3, 0.4) is 0 Å². The molecule has 0 fully saturated rings. The van der Waals surface area contributed by atoms with Gasteiger partial charge in [0.1, 0.15) is 0 Å². The van der Waals surface area contributed by atoms with Crippen LogP contribution in [0.1, 0.15) is 12.0 Å². The van der Waals surface area contributed by atoms with Crippen LogP contribution >= 0.6 is 11.9 Å². The van der Waals surface area contributed by atoms with Crippen LogP contribution in [0.25, 0.3) is 0 Å². The van der Waals surface area contributed by atoms with Crippen molar-refractivity contribution in [2.45, 2.75) is 17.7 Å². The van der Waals surface area contributed by atoms with Gasteiger partial charge in [-0.1, -0.05) is 18.2 Å². The highest BCUT2D eigenvalue weighted by molar-refractivity contribution is 7.98. The summed E-state index contributed by atoms with van der Waals surface area (Å²) in [6.45, 7) is 0. The molecule has 1 aliphatic rings. The molecule has 64 valence electrons. The van der Waals surface area contributed by atoms with Gasteiger partial charge in [-0.05, 0) is 11.6 Å². The number of nitrogens with zero attached hydrogens (tertiary/aromatic N) is 2. The third-order valence-corrected chi connectivity index (χ3v) is 2.87. The lowest BCUT2D eigenvalue weighted by molar-refractivity contribution is 1.17. The molecule has 0 aliphatic carbocycles. The number of nitriles is 1. The van der Waals surface area contributed by atoms with E-state index in [1.807, 2.05) is 12.1 Å². The van der Waals surface area contributed by atoms with Gasteiger partial charge in [0.2, 0.25) is 0 Å². The summed E-state index contributed by atoms with van der Waals surface area (Å²) in [5.74, 6) is 0. The molecule has 0 radical (unpaired) electrons. The number of hydrogen-bond donors (Lipinski definition) is 0. The Hall–Kier alpha value is -1.27. The predicted molar refractivity (Wildman–Crippen MR) is 53.7 cm³/mol. The van der Waals surface area contributed by atoms with E-state index in [1.165, 1.54) is 22.4 Å². The highest BCUT2D eigenvalue weighted by Crippen LogP contribution is 2.29. The van der Waals surface area contributed by atoms with Crippen LogP contribution in [0, 0.1) is 11.3 Å². The molecule has 0 atom stereocenters. The largest absolute Gasteiger partial charge is 0.219 e. The van der Waals surface area contributed by atoms with Gasteiger partial charge in [0.25, 0.3) is 0 Å². The smallest absolute Gasteiger partial charge is 0.0745 e. The second-order valence-corrected chi connectivity index (χ2v) is 3.67. The summed E-state index contributed by atoms with van der Waals surface area (Å²) in [4.78, 5) is 1.21. The zero-order valence-corrected chi connectivity index (χ0v) is 7.84. The molecule has 2 nitrogen and oxygen atoms in total. The summed E-state index contributed by atoms with van der Waals surface area (Å²) >= 11 is 1.47. The van der Waals surface area contributed by atoms with Crippen molar-refractivity contribution in [3.63, 3.8) is 0 Å². The predicted octanol–water partition coefficient (Wildman–Crippen LogP) is 2.60. The number of benzene rings is 1. The van der Waals surface area contributed by atoms with Crippen molar-refractivity contribution < 1.29 is 0 Å². The molecule has 0 saturated heterocycles. The SMILES string of the molecule is N#CCC1=NSc2ccccc2C1. The van der Waals surface area contributed by atoms with Gasteiger partial charge < -0.3 is 0 Å². The monoisotopic (exact) mass is 188 g/mol. The normalized spacial score (nSPS) is 14.2. The molecule has 0 N–H and O–H groups in total. The topological polar surface area (TPSA) is 36.1 Å². The van der Waals surface area contributed by atoms with E-state index in [2.05, 4.69) is 22.6 Å². The van der Waals surface area contributed by atoms with Crippen molar-refractivity contribution in [3.05, 3.63) is 29.8 Å². The summed E-state index contributed by atoms with van der Waals surface area (Å²) in [6, 6.07) is 10.3. The Morgan fingerprint density at radius 3 is 3.15 bits per heavy atom. The van der Waals surface area contributed by atoms with Crippen LogP contribution in [0.2, 0.25) is 0 Å². The summed E-state index contributed by atoms with van der Waals surface area (Å²) in [7, 11) is 0. The quantitative estimate of drug-likeness (QED) is 0.635. The lowest BCUT2D eigenvalue weighted by Gasteiger charge is -2.12. The summed E-state index contributed by atoms with van der Waals surface area (Å²) in [5, 5.41) is 8.53. The molecule has 1 aromatic carbocycles. The van der Waals surface area contributed by atoms with Crippen molar-refractivity contribution in [3.8, 4) is 6.07 Å². The molecule has 1 aromatic rings. The van der Waals surface area contributed by atoms with Gasteiger partial charge in [-0.25, -0.2) is 4.40 Å². The standard InChI is InChI=1S/C10H8N2S/c11-6-5-9-7-8-3-1-2-4-10(8)13-12-9/h1-4H,5,7H2. The first-order chi connectivity index (χ1) is 6.40. The molecule has 0 amide bonds. The second-order valence-electron chi connectivity index (χ2n) is 2.87. The number of fused-ring (bicyclic) bond motifs is 1. The zero-order chi connectivity index (χ0) is 9.10. The Morgan fingerprint density at radius 2 is 2.31 bits per heavy atom. The summed E-state index contributed by atoms with van der Waals surface area (Å²) in [6.07, 6.45) is 1.28. The van der Waals surface area contributed by atoms with Crippen LogP contribution in [-0.4, -0.2) is 5.71 Å². The average Bonchev–Trinajstić information content (AvgIpc) is 2.18. The number of hydrogen-bond acceptors (Lipinski definition) is 3. The van der Waals surface area contributed by atoms with Gasteiger partial charge in [0, 0.05) is 29.0 Å².